The van der Waals surface area contributed by atoms with Crippen LogP contribution in [0.5, 0.6) is 0 Å². The minimum absolute atomic E-state index is 0.105. The number of hydrogen-bond donors (Lipinski definition) is 1. The Morgan fingerprint density at radius 2 is 2.05 bits per heavy atom. The van der Waals surface area contributed by atoms with Gasteiger partial charge in [-0.05, 0) is 12.1 Å². The lowest BCUT2D eigenvalue weighted by Crippen LogP contribution is -2.41. The van der Waals surface area contributed by atoms with E-state index in [1.165, 1.54) is 11.1 Å². The molecule has 4 nitrogen and oxygen atoms in total. The van der Waals surface area contributed by atoms with Crippen molar-refractivity contribution in [2.45, 2.75) is 26.6 Å². The molecule has 0 bridgehead atoms. The van der Waals surface area contributed by atoms with Gasteiger partial charge in [-0.1, -0.05) is 13.8 Å². The molecule has 0 fully saturated rings. The van der Waals surface area contributed by atoms with Gasteiger partial charge in [-0.2, -0.15) is 13.2 Å². The number of nitrogens with one attached hydrogen (secondary N) is 1. The number of hydrogen-bond acceptors (Lipinski definition) is 3. The molecule has 0 aliphatic carbocycles. The van der Waals surface area contributed by atoms with E-state index in [0.717, 1.165) is 12.3 Å². The van der Waals surface area contributed by atoms with Gasteiger partial charge in [-0.3, -0.25) is 14.8 Å². The van der Waals surface area contributed by atoms with Gasteiger partial charge in [0.05, 0.1) is 17.8 Å². The quantitative estimate of drug-likeness (QED) is 0.857. The maximum Gasteiger partial charge on any atom is 0.417 e. The van der Waals surface area contributed by atoms with Crippen molar-refractivity contribution in [1.29, 1.82) is 0 Å². The molecule has 0 spiro atoms. The number of pyridine rings is 1. The zero-order valence-electron chi connectivity index (χ0n) is 11.0. The van der Waals surface area contributed by atoms with Crippen LogP contribution < -0.4 is 5.43 Å². The second-order valence-corrected chi connectivity index (χ2v) is 4.42. The Morgan fingerprint density at radius 1 is 1.42 bits per heavy atom. The summed E-state index contributed by atoms with van der Waals surface area (Å²) in [6, 6.07) is 2.25. The lowest BCUT2D eigenvalue weighted by molar-refractivity contribution is -0.138. The summed E-state index contributed by atoms with van der Waals surface area (Å²) in [4.78, 5) is 15.2. The van der Waals surface area contributed by atoms with E-state index in [2.05, 4.69) is 10.4 Å². The molecule has 1 amide bonds. The van der Waals surface area contributed by atoms with E-state index in [1.54, 1.807) is 20.9 Å². The van der Waals surface area contributed by atoms with Gasteiger partial charge in [0.25, 0.3) is 0 Å². The van der Waals surface area contributed by atoms with Gasteiger partial charge >= 0.3 is 6.18 Å². The summed E-state index contributed by atoms with van der Waals surface area (Å²) >= 11 is 0. The zero-order valence-corrected chi connectivity index (χ0v) is 11.0. The first kappa shape index (κ1) is 15.4. The summed E-state index contributed by atoms with van der Waals surface area (Å²) in [5.74, 6) is -0.259. The highest BCUT2D eigenvalue weighted by Crippen LogP contribution is 2.28. The van der Waals surface area contributed by atoms with Gasteiger partial charge in [-0.25, -0.2) is 5.43 Å². The first-order valence-electron chi connectivity index (χ1n) is 5.75. The number of carbonyl (C=O) groups excluding carboxylic acids is 1. The van der Waals surface area contributed by atoms with E-state index in [0.29, 0.717) is 5.69 Å². The standard InChI is InChI=1S/C12H16F3N3O/c1-8(2)11(19)18(3)17-7-10-5-4-9(6-16-10)12(13,14)15/h4-6,8,17H,7H2,1-3H3. The van der Waals surface area contributed by atoms with E-state index in [-0.39, 0.29) is 18.4 Å². The molecular weight excluding hydrogens is 259 g/mol. The van der Waals surface area contributed by atoms with Crippen molar-refractivity contribution in [3.63, 3.8) is 0 Å². The number of alkyl halides is 3. The normalized spacial score (nSPS) is 11.7. The molecule has 0 aliphatic heterocycles. The highest BCUT2D eigenvalue weighted by molar-refractivity contribution is 5.77. The molecule has 19 heavy (non-hydrogen) atoms. The van der Waals surface area contributed by atoms with Gasteiger partial charge in [0.15, 0.2) is 0 Å². The zero-order chi connectivity index (χ0) is 14.6. The summed E-state index contributed by atoms with van der Waals surface area (Å²) in [5, 5.41) is 1.31. The van der Waals surface area contributed by atoms with Crippen LogP contribution in [0.25, 0.3) is 0 Å². The van der Waals surface area contributed by atoms with Crippen molar-refractivity contribution >= 4 is 5.91 Å². The van der Waals surface area contributed by atoms with Crippen molar-refractivity contribution < 1.29 is 18.0 Å². The molecule has 0 aliphatic rings. The van der Waals surface area contributed by atoms with E-state index < -0.39 is 11.7 Å². The third-order valence-corrected chi connectivity index (χ3v) is 2.47. The first-order chi connectivity index (χ1) is 8.71. The molecule has 0 aromatic carbocycles. The maximum atomic E-state index is 12.3. The minimum atomic E-state index is -4.39. The van der Waals surface area contributed by atoms with Crippen LogP contribution in [0.4, 0.5) is 13.2 Å². The lowest BCUT2D eigenvalue weighted by Gasteiger charge is -2.20. The molecule has 106 valence electrons. The fourth-order valence-electron chi connectivity index (χ4n) is 1.36. The second-order valence-electron chi connectivity index (χ2n) is 4.42. The third-order valence-electron chi connectivity index (χ3n) is 2.47. The molecule has 7 heteroatoms. The molecule has 1 aromatic heterocycles. The highest BCUT2D eigenvalue weighted by atomic mass is 19.4. The Hall–Kier alpha value is -1.63. The second kappa shape index (κ2) is 6.01. The molecule has 0 unspecified atom stereocenters. The molecule has 0 saturated heterocycles. The number of amides is 1. The molecule has 0 saturated carbocycles. The fraction of sp³-hybridized carbons (Fsp3) is 0.500. The molecular formula is C12H16F3N3O. The van der Waals surface area contributed by atoms with Crippen molar-refractivity contribution in [3.8, 4) is 0 Å². The van der Waals surface area contributed by atoms with Crippen LogP contribution in [0.1, 0.15) is 25.1 Å². The van der Waals surface area contributed by atoms with Crippen molar-refractivity contribution in [2.75, 3.05) is 7.05 Å². The summed E-state index contributed by atoms with van der Waals surface area (Å²) in [5.41, 5.74) is 2.42. The Kier molecular flexibility index (Phi) is 4.88. The van der Waals surface area contributed by atoms with Crippen molar-refractivity contribution in [3.05, 3.63) is 29.6 Å². The molecule has 1 N–H and O–H groups in total. The SMILES string of the molecule is CC(C)C(=O)N(C)NCc1ccc(C(F)(F)F)cn1. The summed E-state index contributed by atoms with van der Waals surface area (Å²) < 4.78 is 37.0. The topological polar surface area (TPSA) is 45.2 Å². The summed E-state index contributed by atoms with van der Waals surface area (Å²) in [6.07, 6.45) is -3.61. The summed E-state index contributed by atoms with van der Waals surface area (Å²) in [7, 11) is 1.56. The molecule has 1 rings (SSSR count). The van der Waals surface area contributed by atoms with Gasteiger partial charge < -0.3 is 0 Å². The Balaban J connectivity index is 2.58. The van der Waals surface area contributed by atoms with Crippen LogP contribution in [0.15, 0.2) is 18.3 Å². The first-order valence-corrected chi connectivity index (χ1v) is 5.75. The van der Waals surface area contributed by atoms with E-state index in [4.69, 9.17) is 0 Å². The van der Waals surface area contributed by atoms with E-state index in [1.807, 2.05) is 0 Å². The predicted octanol–water partition coefficient (Wildman–Crippen LogP) is 2.22. The maximum absolute atomic E-state index is 12.3. The summed E-state index contributed by atoms with van der Waals surface area (Å²) in [6.45, 7) is 3.71. The number of aromatic nitrogens is 1. The van der Waals surface area contributed by atoms with Gasteiger partial charge in [0.2, 0.25) is 5.91 Å². The fourth-order valence-corrected chi connectivity index (χ4v) is 1.36. The number of halogens is 3. The molecule has 1 aromatic rings. The average molecular weight is 275 g/mol. The number of carbonyl (C=O) groups is 1. The van der Waals surface area contributed by atoms with Crippen LogP contribution in [-0.4, -0.2) is 22.9 Å². The predicted molar refractivity (Wildman–Crippen MR) is 63.7 cm³/mol. The van der Waals surface area contributed by atoms with E-state index >= 15 is 0 Å². The van der Waals surface area contributed by atoms with Crippen molar-refractivity contribution in [2.24, 2.45) is 5.92 Å². The Morgan fingerprint density at radius 3 is 2.47 bits per heavy atom. The molecule has 0 radical (unpaired) electrons. The van der Waals surface area contributed by atoms with Gasteiger partial charge in [0.1, 0.15) is 0 Å². The van der Waals surface area contributed by atoms with Gasteiger partial charge in [-0.15, -0.1) is 0 Å². The Bertz CT molecular complexity index is 429. The van der Waals surface area contributed by atoms with Crippen LogP contribution in [-0.2, 0) is 17.5 Å². The number of hydrazine groups is 1. The van der Waals surface area contributed by atoms with Crippen LogP contribution in [0.2, 0.25) is 0 Å². The molecule has 0 atom stereocenters. The van der Waals surface area contributed by atoms with Crippen molar-refractivity contribution in [1.82, 2.24) is 15.4 Å². The van der Waals surface area contributed by atoms with E-state index in [9.17, 15) is 18.0 Å². The van der Waals surface area contributed by atoms with Crippen LogP contribution in [0.3, 0.4) is 0 Å². The monoisotopic (exact) mass is 275 g/mol. The largest absolute Gasteiger partial charge is 0.417 e. The highest BCUT2D eigenvalue weighted by Gasteiger charge is 2.30. The lowest BCUT2D eigenvalue weighted by atomic mass is 10.2. The number of nitrogens with zero attached hydrogens (tertiary/aromatic N) is 2. The Labute approximate surface area is 109 Å². The third kappa shape index (κ3) is 4.51. The molecule has 1 heterocycles. The van der Waals surface area contributed by atoms with Crippen LogP contribution in [0, 0.1) is 5.92 Å². The van der Waals surface area contributed by atoms with Crippen LogP contribution >= 0.6 is 0 Å². The number of rotatable bonds is 4. The van der Waals surface area contributed by atoms with Gasteiger partial charge in [0, 0.05) is 19.2 Å². The average Bonchev–Trinajstić information content (AvgIpc) is 2.34. The smallest absolute Gasteiger partial charge is 0.281 e. The minimum Gasteiger partial charge on any atom is -0.281 e.